The van der Waals surface area contributed by atoms with Gasteiger partial charge in [-0.25, -0.2) is 4.39 Å². The molecule has 0 aliphatic rings. The summed E-state index contributed by atoms with van der Waals surface area (Å²) in [5.41, 5.74) is 5.54. The first-order valence-corrected chi connectivity index (χ1v) is 5.97. The summed E-state index contributed by atoms with van der Waals surface area (Å²) in [6.07, 6.45) is 0.697. The molecular formula is C12H16ClFN2O2. The molecule has 1 amide bonds. The Kier molecular flexibility index (Phi) is 5.88. The lowest BCUT2D eigenvalue weighted by Gasteiger charge is -2.09. The average molecular weight is 275 g/mol. The minimum Gasteiger partial charge on any atom is -0.482 e. The standard InChI is InChI=1S/C12H16ClFN2O2/c1-8(15)4-5-16-12(17)7-18-11-3-2-9(14)6-10(11)13/h2-3,6,8H,4-5,7,15H2,1H3,(H,16,17). The minimum absolute atomic E-state index is 0.0396. The van der Waals surface area contributed by atoms with Gasteiger partial charge in [-0.1, -0.05) is 11.6 Å². The molecule has 3 N–H and O–H groups in total. The van der Waals surface area contributed by atoms with E-state index in [1.807, 2.05) is 6.92 Å². The van der Waals surface area contributed by atoms with Gasteiger partial charge in [-0.15, -0.1) is 0 Å². The number of ether oxygens (including phenoxy) is 1. The summed E-state index contributed by atoms with van der Waals surface area (Å²) in [5, 5.41) is 2.79. The van der Waals surface area contributed by atoms with Gasteiger partial charge in [-0.05, 0) is 31.5 Å². The Labute approximate surface area is 110 Å². The lowest BCUT2D eigenvalue weighted by molar-refractivity contribution is -0.123. The van der Waals surface area contributed by atoms with Gasteiger partial charge in [0.15, 0.2) is 6.61 Å². The Bertz CT molecular complexity index is 413. The minimum atomic E-state index is -0.450. The van der Waals surface area contributed by atoms with Gasteiger partial charge >= 0.3 is 0 Å². The van der Waals surface area contributed by atoms with Crippen molar-refractivity contribution in [2.75, 3.05) is 13.2 Å². The predicted octanol–water partition coefficient (Wildman–Crippen LogP) is 1.71. The molecular weight excluding hydrogens is 259 g/mol. The zero-order valence-electron chi connectivity index (χ0n) is 10.1. The quantitative estimate of drug-likeness (QED) is 0.830. The molecule has 1 rings (SSSR count). The number of amides is 1. The second kappa shape index (κ2) is 7.18. The maximum atomic E-state index is 12.8. The van der Waals surface area contributed by atoms with Gasteiger partial charge in [-0.2, -0.15) is 0 Å². The molecule has 0 spiro atoms. The summed E-state index contributed by atoms with van der Waals surface area (Å²) < 4.78 is 17.9. The van der Waals surface area contributed by atoms with Crippen molar-refractivity contribution in [2.45, 2.75) is 19.4 Å². The maximum Gasteiger partial charge on any atom is 0.257 e. The van der Waals surface area contributed by atoms with E-state index in [1.165, 1.54) is 12.1 Å². The predicted molar refractivity (Wildman–Crippen MR) is 68.2 cm³/mol. The van der Waals surface area contributed by atoms with Crippen LogP contribution in [0.25, 0.3) is 0 Å². The van der Waals surface area contributed by atoms with Gasteiger partial charge in [0.05, 0.1) is 5.02 Å². The van der Waals surface area contributed by atoms with Crippen LogP contribution in [0.15, 0.2) is 18.2 Å². The number of carbonyl (C=O) groups is 1. The topological polar surface area (TPSA) is 64.3 Å². The summed E-state index contributed by atoms with van der Waals surface area (Å²) in [6, 6.07) is 3.77. The van der Waals surface area contributed by atoms with E-state index in [1.54, 1.807) is 0 Å². The molecule has 1 aromatic rings. The molecule has 0 heterocycles. The summed E-state index contributed by atoms with van der Waals surface area (Å²) in [4.78, 5) is 11.4. The van der Waals surface area contributed by atoms with Crippen molar-refractivity contribution in [1.82, 2.24) is 5.32 Å². The lowest BCUT2D eigenvalue weighted by atomic mass is 10.2. The Hall–Kier alpha value is -1.33. The first-order chi connectivity index (χ1) is 8.49. The number of hydrogen-bond acceptors (Lipinski definition) is 3. The van der Waals surface area contributed by atoms with Gasteiger partial charge in [-0.3, -0.25) is 4.79 Å². The van der Waals surface area contributed by atoms with Crippen molar-refractivity contribution in [3.8, 4) is 5.75 Å². The van der Waals surface area contributed by atoms with E-state index < -0.39 is 5.82 Å². The van der Waals surface area contributed by atoms with Crippen LogP contribution in [0.2, 0.25) is 5.02 Å². The third-order valence-electron chi connectivity index (χ3n) is 2.17. The molecule has 18 heavy (non-hydrogen) atoms. The fraction of sp³-hybridized carbons (Fsp3) is 0.417. The third-order valence-corrected chi connectivity index (χ3v) is 2.47. The van der Waals surface area contributed by atoms with Gasteiger partial charge in [0, 0.05) is 12.6 Å². The molecule has 0 aromatic heterocycles. The van der Waals surface area contributed by atoms with E-state index in [0.717, 1.165) is 6.07 Å². The van der Waals surface area contributed by atoms with E-state index in [-0.39, 0.29) is 29.3 Å². The molecule has 6 heteroatoms. The Morgan fingerprint density at radius 1 is 1.61 bits per heavy atom. The van der Waals surface area contributed by atoms with Crippen LogP contribution in [0.5, 0.6) is 5.75 Å². The van der Waals surface area contributed by atoms with Crippen molar-refractivity contribution in [3.05, 3.63) is 29.0 Å². The highest BCUT2D eigenvalue weighted by atomic mass is 35.5. The van der Waals surface area contributed by atoms with Crippen LogP contribution in [0.4, 0.5) is 4.39 Å². The first-order valence-electron chi connectivity index (χ1n) is 5.59. The van der Waals surface area contributed by atoms with Crippen molar-refractivity contribution in [1.29, 1.82) is 0 Å². The molecule has 1 aromatic carbocycles. The lowest BCUT2D eigenvalue weighted by Crippen LogP contribution is -2.32. The van der Waals surface area contributed by atoms with Crippen molar-refractivity contribution in [3.63, 3.8) is 0 Å². The van der Waals surface area contributed by atoms with E-state index in [0.29, 0.717) is 13.0 Å². The summed E-state index contributed by atoms with van der Waals surface area (Å²) in [6.45, 7) is 2.20. The molecule has 4 nitrogen and oxygen atoms in total. The van der Waals surface area contributed by atoms with Crippen LogP contribution < -0.4 is 15.8 Å². The van der Waals surface area contributed by atoms with Gasteiger partial charge < -0.3 is 15.8 Å². The molecule has 1 atom stereocenters. The number of halogens is 2. The largest absolute Gasteiger partial charge is 0.482 e. The van der Waals surface area contributed by atoms with Gasteiger partial charge in [0.2, 0.25) is 0 Å². The fourth-order valence-electron chi connectivity index (χ4n) is 1.23. The SMILES string of the molecule is CC(N)CCNC(=O)COc1ccc(F)cc1Cl. The molecule has 0 radical (unpaired) electrons. The molecule has 0 bridgehead atoms. The number of carbonyl (C=O) groups excluding carboxylic acids is 1. The zero-order chi connectivity index (χ0) is 13.5. The van der Waals surface area contributed by atoms with Crippen LogP contribution in [0.1, 0.15) is 13.3 Å². The maximum absolute atomic E-state index is 12.8. The van der Waals surface area contributed by atoms with Crippen LogP contribution in [-0.2, 0) is 4.79 Å². The monoisotopic (exact) mass is 274 g/mol. The average Bonchev–Trinajstić information content (AvgIpc) is 2.27. The van der Waals surface area contributed by atoms with Crippen LogP contribution in [0.3, 0.4) is 0 Å². The normalized spacial score (nSPS) is 12.0. The summed E-state index contributed by atoms with van der Waals surface area (Å²) in [7, 11) is 0. The Morgan fingerprint density at radius 3 is 2.94 bits per heavy atom. The van der Waals surface area contributed by atoms with E-state index in [9.17, 15) is 9.18 Å². The number of nitrogens with two attached hydrogens (primary N) is 1. The molecule has 0 saturated heterocycles. The smallest absolute Gasteiger partial charge is 0.257 e. The highest BCUT2D eigenvalue weighted by Gasteiger charge is 2.06. The molecule has 0 fully saturated rings. The Balaban J connectivity index is 2.33. The number of hydrogen-bond donors (Lipinski definition) is 2. The van der Waals surface area contributed by atoms with E-state index >= 15 is 0 Å². The van der Waals surface area contributed by atoms with Crippen molar-refractivity contribution >= 4 is 17.5 Å². The second-order valence-corrected chi connectivity index (χ2v) is 4.39. The Morgan fingerprint density at radius 2 is 2.33 bits per heavy atom. The number of rotatable bonds is 6. The van der Waals surface area contributed by atoms with Crippen LogP contribution in [0, 0.1) is 5.82 Å². The molecule has 1 unspecified atom stereocenters. The van der Waals surface area contributed by atoms with E-state index in [4.69, 9.17) is 22.1 Å². The highest BCUT2D eigenvalue weighted by molar-refractivity contribution is 6.32. The molecule has 0 aliphatic carbocycles. The molecule has 0 aliphatic heterocycles. The van der Waals surface area contributed by atoms with Crippen molar-refractivity contribution in [2.24, 2.45) is 5.73 Å². The van der Waals surface area contributed by atoms with Crippen LogP contribution >= 0.6 is 11.6 Å². The number of nitrogens with one attached hydrogen (secondary N) is 1. The molecule has 100 valence electrons. The molecule has 0 saturated carbocycles. The second-order valence-electron chi connectivity index (χ2n) is 3.98. The van der Waals surface area contributed by atoms with Gasteiger partial charge in [0.25, 0.3) is 5.91 Å². The third kappa shape index (κ3) is 5.33. The van der Waals surface area contributed by atoms with Gasteiger partial charge in [0.1, 0.15) is 11.6 Å². The van der Waals surface area contributed by atoms with Crippen molar-refractivity contribution < 1.29 is 13.9 Å². The summed E-state index contributed by atoms with van der Waals surface area (Å²) >= 11 is 5.75. The van der Waals surface area contributed by atoms with Crippen LogP contribution in [-0.4, -0.2) is 25.1 Å². The number of benzene rings is 1. The zero-order valence-corrected chi connectivity index (χ0v) is 10.8. The van der Waals surface area contributed by atoms with E-state index in [2.05, 4.69) is 5.32 Å². The highest BCUT2D eigenvalue weighted by Crippen LogP contribution is 2.24. The first kappa shape index (κ1) is 14.7. The fourth-order valence-corrected chi connectivity index (χ4v) is 1.45. The summed E-state index contributed by atoms with van der Waals surface area (Å²) in [5.74, 6) is -0.440.